The fourth-order valence-electron chi connectivity index (χ4n) is 2.99. The van der Waals surface area contributed by atoms with E-state index in [9.17, 15) is 9.90 Å². The molecule has 2 fully saturated rings. The third-order valence-corrected chi connectivity index (χ3v) is 4.10. The lowest BCUT2D eigenvalue weighted by Gasteiger charge is -2.20. The van der Waals surface area contributed by atoms with Gasteiger partial charge in [-0.15, -0.1) is 0 Å². The first-order valence-corrected chi connectivity index (χ1v) is 7.07. The van der Waals surface area contributed by atoms with Gasteiger partial charge in [0.15, 0.2) is 0 Å². The molecule has 1 aromatic carbocycles. The van der Waals surface area contributed by atoms with Gasteiger partial charge in [0.1, 0.15) is 0 Å². The molecule has 0 aliphatic carbocycles. The number of anilines is 1. The Hall–Kier alpha value is -1.39. The Kier molecular flexibility index (Phi) is 3.53. The van der Waals surface area contributed by atoms with Gasteiger partial charge in [0.05, 0.1) is 6.10 Å². The predicted molar refractivity (Wildman–Crippen MR) is 74.0 cm³/mol. The van der Waals surface area contributed by atoms with Crippen molar-refractivity contribution in [1.82, 2.24) is 5.32 Å². The average molecular weight is 260 g/mol. The van der Waals surface area contributed by atoms with Crippen LogP contribution in [-0.2, 0) is 4.79 Å². The van der Waals surface area contributed by atoms with E-state index in [2.05, 4.69) is 5.32 Å². The third kappa shape index (κ3) is 2.51. The van der Waals surface area contributed by atoms with E-state index in [4.69, 9.17) is 0 Å². The highest BCUT2D eigenvalue weighted by atomic mass is 16.3. The van der Waals surface area contributed by atoms with Crippen LogP contribution < -0.4 is 10.2 Å². The van der Waals surface area contributed by atoms with Crippen molar-refractivity contribution in [3.05, 3.63) is 29.8 Å². The first-order chi connectivity index (χ1) is 9.25. The first-order valence-electron chi connectivity index (χ1n) is 7.07. The molecule has 19 heavy (non-hydrogen) atoms. The topological polar surface area (TPSA) is 52.6 Å². The van der Waals surface area contributed by atoms with Crippen LogP contribution in [0.15, 0.2) is 24.3 Å². The molecule has 2 saturated heterocycles. The van der Waals surface area contributed by atoms with Crippen molar-refractivity contribution in [3.63, 3.8) is 0 Å². The maximum absolute atomic E-state index is 11.7. The second-order valence-electron chi connectivity index (χ2n) is 5.39. The smallest absolute Gasteiger partial charge is 0.227 e. The number of rotatable bonds is 3. The van der Waals surface area contributed by atoms with E-state index in [0.29, 0.717) is 6.42 Å². The van der Waals surface area contributed by atoms with Gasteiger partial charge in [0.2, 0.25) is 5.91 Å². The van der Waals surface area contributed by atoms with Crippen LogP contribution in [0, 0.1) is 0 Å². The van der Waals surface area contributed by atoms with Gasteiger partial charge in [-0.1, -0.05) is 12.1 Å². The van der Waals surface area contributed by atoms with Crippen LogP contribution in [0.5, 0.6) is 0 Å². The van der Waals surface area contributed by atoms with Crippen LogP contribution >= 0.6 is 0 Å². The van der Waals surface area contributed by atoms with E-state index in [-0.39, 0.29) is 11.9 Å². The number of aliphatic hydroxyl groups excluding tert-OH is 1. The van der Waals surface area contributed by atoms with Crippen molar-refractivity contribution in [2.24, 2.45) is 0 Å². The molecule has 4 heteroatoms. The highest BCUT2D eigenvalue weighted by molar-refractivity contribution is 5.95. The molecular formula is C15H20N2O2. The summed E-state index contributed by atoms with van der Waals surface area (Å²) in [6.07, 6.45) is 3.28. The highest BCUT2D eigenvalue weighted by Gasteiger charge is 2.25. The molecule has 0 saturated carbocycles. The second kappa shape index (κ2) is 5.31. The maximum Gasteiger partial charge on any atom is 0.227 e. The zero-order chi connectivity index (χ0) is 13.2. The fraction of sp³-hybridized carbons (Fsp3) is 0.533. The molecule has 4 nitrogen and oxygen atoms in total. The van der Waals surface area contributed by atoms with Gasteiger partial charge in [0.25, 0.3) is 0 Å². The summed E-state index contributed by atoms with van der Waals surface area (Å²) in [6, 6.07) is 7.92. The molecule has 0 spiro atoms. The van der Waals surface area contributed by atoms with E-state index in [1.54, 1.807) is 0 Å². The molecule has 1 aromatic rings. The number of hydrogen-bond acceptors (Lipinski definition) is 3. The summed E-state index contributed by atoms with van der Waals surface area (Å²) in [7, 11) is 0. The van der Waals surface area contributed by atoms with E-state index in [1.165, 1.54) is 0 Å². The molecular weight excluding hydrogens is 240 g/mol. The molecule has 2 aliphatic heterocycles. The lowest BCUT2D eigenvalue weighted by atomic mass is 10.0. The molecule has 2 atom stereocenters. The molecule has 0 radical (unpaired) electrons. The molecule has 2 unspecified atom stereocenters. The minimum absolute atomic E-state index is 0.166. The average Bonchev–Trinajstić information content (AvgIpc) is 3.09. The normalized spacial score (nSPS) is 25.0. The van der Waals surface area contributed by atoms with Crippen molar-refractivity contribution in [2.45, 2.75) is 37.8 Å². The Morgan fingerprint density at radius 3 is 2.63 bits per heavy atom. The van der Waals surface area contributed by atoms with Gasteiger partial charge in [-0.2, -0.15) is 0 Å². The molecule has 2 aliphatic rings. The van der Waals surface area contributed by atoms with Gasteiger partial charge in [-0.3, -0.25) is 4.79 Å². The largest absolute Gasteiger partial charge is 0.387 e. The fourth-order valence-corrected chi connectivity index (χ4v) is 2.99. The number of hydrogen-bond donors (Lipinski definition) is 2. The number of benzene rings is 1. The molecule has 102 valence electrons. The summed E-state index contributed by atoms with van der Waals surface area (Å²) in [4.78, 5) is 13.5. The van der Waals surface area contributed by atoms with E-state index >= 15 is 0 Å². The quantitative estimate of drug-likeness (QED) is 0.868. The van der Waals surface area contributed by atoms with Crippen LogP contribution in [0.4, 0.5) is 5.69 Å². The molecule has 2 N–H and O–H groups in total. The Morgan fingerprint density at radius 1 is 1.26 bits per heavy atom. The van der Waals surface area contributed by atoms with Crippen LogP contribution in [0.25, 0.3) is 0 Å². The Morgan fingerprint density at radius 2 is 2.05 bits per heavy atom. The van der Waals surface area contributed by atoms with Crippen molar-refractivity contribution < 1.29 is 9.90 Å². The van der Waals surface area contributed by atoms with Gasteiger partial charge < -0.3 is 15.3 Å². The number of amides is 1. The maximum atomic E-state index is 11.7. The minimum Gasteiger partial charge on any atom is -0.387 e. The SMILES string of the molecule is O=C1CCCN1c1ccc(C(O)C2CCCN2)cc1. The summed E-state index contributed by atoms with van der Waals surface area (Å²) in [5.41, 5.74) is 1.87. The number of carbonyl (C=O) groups excluding carboxylic acids is 1. The monoisotopic (exact) mass is 260 g/mol. The number of aliphatic hydroxyl groups is 1. The Labute approximate surface area is 113 Å². The molecule has 0 aromatic heterocycles. The molecule has 3 rings (SSSR count). The van der Waals surface area contributed by atoms with Crippen LogP contribution in [-0.4, -0.2) is 30.1 Å². The van der Waals surface area contributed by atoms with Gasteiger partial charge >= 0.3 is 0 Å². The van der Waals surface area contributed by atoms with Crippen LogP contribution in [0.1, 0.15) is 37.4 Å². The van der Waals surface area contributed by atoms with Crippen molar-refractivity contribution in [3.8, 4) is 0 Å². The van der Waals surface area contributed by atoms with Crippen molar-refractivity contribution >= 4 is 11.6 Å². The standard InChI is InChI=1S/C15H20N2O2/c18-14-4-2-10-17(14)12-7-5-11(6-8-12)15(19)13-3-1-9-16-13/h5-8,13,15-16,19H,1-4,9-10H2. The summed E-state index contributed by atoms with van der Waals surface area (Å²) in [5, 5.41) is 13.6. The lowest BCUT2D eigenvalue weighted by Crippen LogP contribution is -2.28. The summed E-state index contributed by atoms with van der Waals surface area (Å²) < 4.78 is 0. The Balaban J connectivity index is 1.73. The van der Waals surface area contributed by atoms with Gasteiger partial charge in [0, 0.05) is 24.7 Å². The first kappa shape index (κ1) is 12.6. The third-order valence-electron chi connectivity index (χ3n) is 4.10. The van der Waals surface area contributed by atoms with Gasteiger partial charge in [-0.25, -0.2) is 0 Å². The van der Waals surface area contributed by atoms with E-state index in [0.717, 1.165) is 43.6 Å². The van der Waals surface area contributed by atoms with E-state index in [1.807, 2.05) is 29.2 Å². The number of carbonyl (C=O) groups is 1. The van der Waals surface area contributed by atoms with Crippen LogP contribution in [0.2, 0.25) is 0 Å². The summed E-state index contributed by atoms with van der Waals surface area (Å²) in [6.45, 7) is 1.80. The molecule has 2 heterocycles. The molecule has 0 bridgehead atoms. The van der Waals surface area contributed by atoms with Gasteiger partial charge in [-0.05, 0) is 43.5 Å². The highest BCUT2D eigenvalue weighted by Crippen LogP contribution is 2.26. The predicted octanol–water partition coefficient (Wildman–Crippen LogP) is 1.60. The zero-order valence-corrected chi connectivity index (χ0v) is 11.0. The lowest BCUT2D eigenvalue weighted by molar-refractivity contribution is -0.117. The zero-order valence-electron chi connectivity index (χ0n) is 11.0. The van der Waals surface area contributed by atoms with Crippen molar-refractivity contribution in [2.75, 3.05) is 18.0 Å². The Bertz CT molecular complexity index is 452. The summed E-state index contributed by atoms with van der Waals surface area (Å²) in [5.74, 6) is 0.200. The van der Waals surface area contributed by atoms with E-state index < -0.39 is 6.10 Å². The minimum atomic E-state index is -0.453. The second-order valence-corrected chi connectivity index (χ2v) is 5.39. The number of nitrogens with one attached hydrogen (secondary N) is 1. The van der Waals surface area contributed by atoms with Crippen molar-refractivity contribution in [1.29, 1.82) is 0 Å². The number of nitrogens with zero attached hydrogens (tertiary/aromatic N) is 1. The van der Waals surface area contributed by atoms with Crippen LogP contribution in [0.3, 0.4) is 0 Å². The summed E-state index contributed by atoms with van der Waals surface area (Å²) >= 11 is 0. The molecule has 1 amide bonds.